The van der Waals surface area contributed by atoms with Gasteiger partial charge < -0.3 is 9.52 Å². The lowest BCUT2D eigenvalue weighted by atomic mass is 10.1. The maximum absolute atomic E-state index is 9.44. The molecule has 1 fully saturated rings. The van der Waals surface area contributed by atoms with E-state index in [-0.39, 0.29) is 6.10 Å². The number of hydrogen-bond acceptors (Lipinski definition) is 4. The van der Waals surface area contributed by atoms with Gasteiger partial charge in [-0.05, 0) is 25.0 Å². The molecule has 1 aliphatic heterocycles. The van der Waals surface area contributed by atoms with Crippen molar-refractivity contribution in [2.75, 3.05) is 13.1 Å². The smallest absolute Gasteiger partial charge is 0.209 e. The molecule has 2 heterocycles. The second-order valence-corrected chi connectivity index (χ2v) is 4.58. The van der Waals surface area contributed by atoms with E-state index in [1.54, 1.807) is 0 Å². The van der Waals surface area contributed by atoms with Gasteiger partial charge in [-0.2, -0.15) is 0 Å². The van der Waals surface area contributed by atoms with Gasteiger partial charge in [0.2, 0.25) is 5.89 Å². The Balaban J connectivity index is 1.72. The van der Waals surface area contributed by atoms with E-state index in [1.165, 1.54) is 0 Å². The largest absolute Gasteiger partial charge is 0.439 e. The highest BCUT2D eigenvalue weighted by molar-refractivity contribution is 5.72. The molecule has 0 unspecified atom stereocenters. The monoisotopic (exact) mass is 232 g/mol. The van der Waals surface area contributed by atoms with E-state index in [0.717, 1.165) is 49.5 Å². The fourth-order valence-electron chi connectivity index (χ4n) is 2.26. The molecule has 1 aromatic heterocycles. The number of nitrogens with zero attached hydrogens (tertiary/aromatic N) is 2. The SMILES string of the molecule is OC1CCN(Cc2nc3ccccc3o2)CC1. The van der Waals surface area contributed by atoms with Gasteiger partial charge in [0.25, 0.3) is 0 Å². The molecule has 0 bridgehead atoms. The Morgan fingerprint density at radius 1 is 1.29 bits per heavy atom. The van der Waals surface area contributed by atoms with Crippen LogP contribution in [-0.4, -0.2) is 34.2 Å². The molecule has 0 radical (unpaired) electrons. The Morgan fingerprint density at radius 3 is 2.82 bits per heavy atom. The van der Waals surface area contributed by atoms with Crippen molar-refractivity contribution < 1.29 is 9.52 Å². The van der Waals surface area contributed by atoms with Crippen LogP contribution in [0.25, 0.3) is 11.1 Å². The van der Waals surface area contributed by atoms with Crippen molar-refractivity contribution in [3.63, 3.8) is 0 Å². The quantitative estimate of drug-likeness (QED) is 0.857. The zero-order valence-corrected chi connectivity index (χ0v) is 9.67. The summed E-state index contributed by atoms with van der Waals surface area (Å²) in [5.41, 5.74) is 1.76. The van der Waals surface area contributed by atoms with E-state index in [2.05, 4.69) is 9.88 Å². The van der Waals surface area contributed by atoms with Crippen LogP contribution in [0, 0.1) is 0 Å². The van der Waals surface area contributed by atoms with Crippen LogP contribution in [0.15, 0.2) is 28.7 Å². The number of benzene rings is 1. The number of aromatic nitrogens is 1. The van der Waals surface area contributed by atoms with Gasteiger partial charge in [0, 0.05) is 13.1 Å². The van der Waals surface area contributed by atoms with Gasteiger partial charge >= 0.3 is 0 Å². The molecule has 90 valence electrons. The first-order valence-corrected chi connectivity index (χ1v) is 6.06. The molecule has 1 saturated heterocycles. The number of hydrogen-bond donors (Lipinski definition) is 1. The number of oxazole rings is 1. The van der Waals surface area contributed by atoms with Gasteiger partial charge in [0.15, 0.2) is 5.58 Å². The molecule has 3 rings (SSSR count). The molecule has 4 heteroatoms. The van der Waals surface area contributed by atoms with E-state index < -0.39 is 0 Å². The zero-order chi connectivity index (χ0) is 11.7. The van der Waals surface area contributed by atoms with Gasteiger partial charge in [-0.1, -0.05) is 12.1 Å². The summed E-state index contributed by atoms with van der Waals surface area (Å²) in [7, 11) is 0. The number of aliphatic hydroxyl groups excluding tert-OH is 1. The molecule has 1 N–H and O–H groups in total. The molecule has 17 heavy (non-hydrogen) atoms. The molecule has 0 atom stereocenters. The Labute approximate surface area is 99.9 Å². The van der Waals surface area contributed by atoms with Gasteiger partial charge in [0.05, 0.1) is 12.6 Å². The minimum atomic E-state index is -0.130. The van der Waals surface area contributed by atoms with Crippen molar-refractivity contribution in [2.24, 2.45) is 0 Å². The number of aliphatic hydroxyl groups is 1. The Kier molecular flexibility index (Phi) is 2.82. The number of rotatable bonds is 2. The fraction of sp³-hybridized carbons (Fsp3) is 0.462. The molecule has 1 aromatic carbocycles. The van der Waals surface area contributed by atoms with Crippen LogP contribution in [-0.2, 0) is 6.54 Å². The van der Waals surface area contributed by atoms with Crippen LogP contribution in [0.1, 0.15) is 18.7 Å². The van der Waals surface area contributed by atoms with Gasteiger partial charge in [-0.3, -0.25) is 4.90 Å². The number of para-hydroxylation sites is 2. The maximum atomic E-state index is 9.44. The molecule has 0 spiro atoms. The van der Waals surface area contributed by atoms with Gasteiger partial charge in [-0.25, -0.2) is 4.98 Å². The zero-order valence-electron chi connectivity index (χ0n) is 9.67. The number of likely N-dealkylation sites (tertiary alicyclic amines) is 1. The number of fused-ring (bicyclic) bond motifs is 1. The van der Waals surface area contributed by atoms with Crippen molar-refractivity contribution in [2.45, 2.75) is 25.5 Å². The van der Waals surface area contributed by atoms with E-state index in [9.17, 15) is 5.11 Å². The van der Waals surface area contributed by atoms with Crippen LogP contribution in [0.3, 0.4) is 0 Å². The van der Waals surface area contributed by atoms with Crippen LogP contribution < -0.4 is 0 Å². The minimum Gasteiger partial charge on any atom is -0.439 e. The molecule has 0 saturated carbocycles. The molecular weight excluding hydrogens is 216 g/mol. The van der Waals surface area contributed by atoms with Crippen molar-refractivity contribution >= 4 is 11.1 Å². The van der Waals surface area contributed by atoms with Crippen molar-refractivity contribution in [3.8, 4) is 0 Å². The third-order valence-corrected chi connectivity index (χ3v) is 3.25. The summed E-state index contributed by atoms with van der Waals surface area (Å²) >= 11 is 0. The average molecular weight is 232 g/mol. The highest BCUT2D eigenvalue weighted by atomic mass is 16.3. The minimum absolute atomic E-state index is 0.130. The van der Waals surface area contributed by atoms with Crippen LogP contribution >= 0.6 is 0 Å². The van der Waals surface area contributed by atoms with E-state index in [4.69, 9.17) is 4.42 Å². The van der Waals surface area contributed by atoms with Crippen molar-refractivity contribution in [1.29, 1.82) is 0 Å². The first-order chi connectivity index (χ1) is 8.31. The third kappa shape index (κ3) is 2.33. The predicted octanol–water partition coefficient (Wildman–Crippen LogP) is 1.78. The average Bonchev–Trinajstić information content (AvgIpc) is 2.74. The lowest BCUT2D eigenvalue weighted by Crippen LogP contribution is -2.35. The van der Waals surface area contributed by atoms with Crippen LogP contribution in [0.5, 0.6) is 0 Å². The lowest BCUT2D eigenvalue weighted by Gasteiger charge is -2.28. The van der Waals surface area contributed by atoms with Crippen LogP contribution in [0.4, 0.5) is 0 Å². The first kappa shape index (κ1) is 10.7. The molecule has 0 aliphatic carbocycles. The maximum Gasteiger partial charge on any atom is 0.209 e. The Bertz CT molecular complexity index is 468. The van der Waals surface area contributed by atoms with E-state index in [0.29, 0.717) is 0 Å². The van der Waals surface area contributed by atoms with Crippen molar-refractivity contribution in [3.05, 3.63) is 30.2 Å². The summed E-state index contributed by atoms with van der Waals surface area (Å²) in [6, 6.07) is 7.81. The predicted molar refractivity (Wildman–Crippen MR) is 64.5 cm³/mol. The topological polar surface area (TPSA) is 49.5 Å². The number of piperidine rings is 1. The van der Waals surface area contributed by atoms with Gasteiger partial charge in [0.1, 0.15) is 5.52 Å². The summed E-state index contributed by atoms with van der Waals surface area (Å²) in [6.07, 6.45) is 1.57. The third-order valence-electron chi connectivity index (χ3n) is 3.25. The fourth-order valence-corrected chi connectivity index (χ4v) is 2.26. The molecule has 4 nitrogen and oxygen atoms in total. The molecule has 1 aliphatic rings. The summed E-state index contributed by atoms with van der Waals surface area (Å²) in [5.74, 6) is 0.766. The summed E-state index contributed by atoms with van der Waals surface area (Å²) < 4.78 is 5.68. The Hall–Kier alpha value is -1.39. The second-order valence-electron chi connectivity index (χ2n) is 4.58. The molecule has 0 amide bonds. The second kappa shape index (κ2) is 4.47. The summed E-state index contributed by atoms with van der Waals surface area (Å²) in [6.45, 7) is 2.57. The lowest BCUT2D eigenvalue weighted by molar-refractivity contribution is 0.0754. The normalized spacial score (nSPS) is 18.9. The highest BCUT2D eigenvalue weighted by Crippen LogP contribution is 2.18. The van der Waals surface area contributed by atoms with Crippen LogP contribution in [0.2, 0.25) is 0 Å². The van der Waals surface area contributed by atoms with E-state index in [1.807, 2.05) is 24.3 Å². The molecular formula is C13H16N2O2. The molecule has 2 aromatic rings. The first-order valence-electron chi connectivity index (χ1n) is 6.06. The standard InChI is InChI=1S/C13H16N2O2/c16-10-5-7-15(8-6-10)9-13-14-11-3-1-2-4-12(11)17-13/h1-4,10,16H,5-9H2. The highest BCUT2D eigenvalue weighted by Gasteiger charge is 2.18. The van der Waals surface area contributed by atoms with Crippen molar-refractivity contribution in [1.82, 2.24) is 9.88 Å². The van der Waals surface area contributed by atoms with E-state index >= 15 is 0 Å². The Morgan fingerprint density at radius 2 is 2.06 bits per heavy atom. The van der Waals surface area contributed by atoms with Gasteiger partial charge in [-0.15, -0.1) is 0 Å². The summed E-state index contributed by atoms with van der Waals surface area (Å²) in [4.78, 5) is 6.73. The summed E-state index contributed by atoms with van der Waals surface area (Å²) in [5, 5.41) is 9.44.